The molecule has 0 aromatic rings. The van der Waals surface area contributed by atoms with Crippen LogP contribution in [-0.4, -0.2) is 42.4 Å². The molecule has 0 aromatic heterocycles. The van der Waals surface area contributed by atoms with Gasteiger partial charge in [-0.25, -0.2) is 0 Å². The molecule has 5 nitrogen and oxygen atoms in total. The number of aliphatic hydroxyl groups is 1. The molecule has 0 radical (unpaired) electrons. The lowest BCUT2D eigenvalue weighted by Crippen LogP contribution is -2.46. The average Bonchev–Trinajstić information content (AvgIpc) is 2.65. The fourth-order valence-electron chi connectivity index (χ4n) is 2.55. The first kappa shape index (κ1) is 11.8. The highest BCUT2D eigenvalue weighted by Gasteiger charge is 2.31. The topological polar surface area (TPSA) is 84.6 Å². The lowest BCUT2D eigenvalue weighted by molar-refractivity contribution is -0.122. The van der Waals surface area contributed by atoms with Crippen molar-refractivity contribution in [1.29, 1.82) is 0 Å². The van der Waals surface area contributed by atoms with Crippen LogP contribution in [0.2, 0.25) is 0 Å². The summed E-state index contributed by atoms with van der Waals surface area (Å²) in [6, 6.07) is 0.437. The van der Waals surface area contributed by atoms with Gasteiger partial charge in [-0.15, -0.1) is 0 Å². The number of rotatable bonds is 3. The number of carbonyl (C=O) groups is 1. The Hall–Kier alpha value is -0.650. The Bertz CT molecular complexity index is 252. The summed E-state index contributed by atoms with van der Waals surface area (Å²) < 4.78 is 5.18. The monoisotopic (exact) mass is 228 g/mol. The lowest BCUT2D eigenvalue weighted by Gasteiger charge is -2.30. The predicted molar refractivity (Wildman–Crippen MR) is 58.7 cm³/mol. The molecule has 2 rings (SSSR count). The maximum absolute atomic E-state index is 11.0. The van der Waals surface area contributed by atoms with Crippen LogP contribution >= 0.6 is 0 Å². The van der Waals surface area contributed by atoms with E-state index in [1.54, 1.807) is 0 Å². The quantitative estimate of drug-likeness (QED) is 0.601. The van der Waals surface area contributed by atoms with Crippen LogP contribution in [0.3, 0.4) is 0 Å². The van der Waals surface area contributed by atoms with Gasteiger partial charge in [0.15, 0.2) is 0 Å². The molecule has 92 valence electrons. The number of carbonyl (C=O) groups excluding carboxylic acids is 1. The van der Waals surface area contributed by atoms with Gasteiger partial charge in [-0.05, 0) is 25.7 Å². The van der Waals surface area contributed by atoms with Crippen LogP contribution in [0.4, 0.5) is 0 Å². The molecule has 2 unspecified atom stereocenters. The first-order valence-corrected chi connectivity index (χ1v) is 5.98. The molecular formula is C11H20N2O3. The molecule has 1 saturated carbocycles. The summed E-state index contributed by atoms with van der Waals surface area (Å²) >= 11 is 0. The van der Waals surface area contributed by atoms with Crippen molar-refractivity contribution in [2.45, 2.75) is 43.9 Å². The van der Waals surface area contributed by atoms with E-state index >= 15 is 0 Å². The van der Waals surface area contributed by atoms with E-state index in [9.17, 15) is 9.90 Å². The molecule has 1 aliphatic heterocycles. The first-order valence-electron chi connectivity index (χ1n) is 5.98. The fraction of sp³-hybridized carbons (Fsp3) is 0.909. The van der Waals surface area contributed by atoms with E-state index in [0.717, 1.165) is 25.7 Å². The van der Waals surface area contributed by atoms with Gasteiger partial charge in [0.25, 0.3) is 0 Å². The molecule has 1 heterocycles. The Labute approximate surface area is 95.3 Å². The van der Waals surface area contributed by atoms with Gasteiger partial charge in [0.1, 0.15) is 0 Å². The molecule has 0 spiro atoms. The molecule has 0 bridgehead atoms. The second-order valence-electron chi connectivity index (χ2n) is 4.83. The van der Waals surface area contributed by atoms with Gasteiger partial charge in [-0.3, -0.25) is 4.79 Å². The third-order valence-electron chi connectivity index (χ3n) is 3.63. The van der Waals surface area contributed by atoms with Crippen molar-refractivity contribution in [3.63, 3.8) is 0 Å². The highest BCUT2D eigenvalue weighted by atomic mass is 16.5. The van der Waals surface area contributed by atoms with E-state index in [1.807, 2.05) is 0 Å². The highest BCUT2D eigenvalue weighted by molar-refractivity contribution is 5.76. The van der Waals surface area contributed by atoms with E-state index in [-0.39, 0.29) is 17.9 Å². The number of nitrogens with two attached hydrogens (primary N) is 1. The highest BCUT2D eigenvalue weighted by Crippen LogP contribution is 2.24. The Kier molecular flexibility index (Phi) is 3.78. The normalized spacial score (nSPS) is 39.8. The Balaban J connectivity index is 1.74. The summed E-state index contributed by atoms with van der Waals surface area (Å²) in [4.78, 5) is 11.0. The maximum atomic E-state index is 11.0. The SMILES string of the molecule is NC(=O)C1CCC(NC2COCC2O)CC1. The second kappa shape index (κ2) is 5.12. The summed E-state index contributed by atoms with van der Waals surface area (Å²) in [5, 5.41) is 13.0. The van der Waals surface area contributed by atoms with Gasteiger partial charge < -0.3 is 20.9 Å². The van der Waals surface area contributed by atoms with Gasteiger partial charge in [0, 0.05) is 12.0 Å². The lowest BCUT2D eigenvalue weighted by atomic mass is 9.85. The molecule has 0 aromatic carbocycles. The van der Waals surface area contributed by atoms with Gasteiger partial charge in [-0.1, -0.05) is 0 Å². The number of hydrogen-bond donors (Lipinski definition) is 3. The van der Waals surface area contributed by atoms with E-state index in [0.29, 0.717) is 19.3 Å². The molecule has 5 heteroatoms. The smallest absolute Gasteiger partial charge is 0.220 e. The van der Waals surface area contributed by atoms with Crippen molar-refractivity contribution < 1.29 is 14.6 Å². The van der Waals surface area contributed by atoms with Crippen molar-refractivity contribution in [2.24, 2.45) is 11.7 Å². The third-order valence-corrected chi connectivity index (χ3v) is 3.63. The van der Waals surface area contributed by atoms with Gasteiger partial charge >= 0.3 is 0 Å². The predicted octanol–water partition coefficient (Wildman–Crippen LogP) is -0.620. The number of aliphatic hydroxyl groups excluding tert-OH is 1. The van der Waals surface area contributed by atoms with Crippen LogP contribution in [0.25, 0.3) is 0 Å². The van der Waals surface area contributed by atoms with E-state index < -0.39 is 6.10 Å². The fourth-order valence-corrected chi connectivity index (χ4v) is 2.55. The molecule has 2 aliphatic rings. The zero-order chi connectivity index (χ0) is 11.5. The molecule has 16 heavy (non-hydrogen) atoms. The number of nitrogens with one attached hydrogen (secondary N) is 1. The van der Waals surface area contributed by atoms with Crippen molar-refractivity contribution in [2.75, 3.05) is 13.2 Å². The summed E-state index contributed by atoms with van der Waals surface area (Å²) in [6.07, 6.45) is 3.23. The minimum absolute atomic E-state index is 0.0443. The Morgan fingerprint density at radius 2 is 1.94 bits per heavy atom. The van der Waals surface area contributed by atoms with Crippen LogP contribution in [0.1, 0.15) is 25.7 Å². The summed E-state index contributed by atoms with van der Waals surface area (Å²) in [5.74, 6) is -0.134. The van der Waals surface area contributed by atoms with Crippen LogP contribution in [0.5, 0.6) is 0 Å². The van der Waals surface area contributed by atoms with Crippen LogP contribution in [0, 0.1) is 5.92 Å². The number of amides is 1. The molecule has 2 atom stereocenters. The molecule has 4 N–H and O–H groups in total. The number of hydrogen-bond acceptors (Lipinski definition) is 4. The standard InChI is InChI=1S/C11H20N2O3/c12-11(15)7-1-3-8(4-2-7)13-9-5-16-6-10(9)14/h7-10,13-14H,1-6H2,(H2,12,15). The summed E-state index contributed by atoms with van der Waals surface area (Å²) in [6.45, 7) is 1.01. The van der Waals surface area contributed by atoms with Gasteiger partial charge in [0.05, 0.1) is 25.4 Å². The third kappa shape index (κ3) is 2.72. The van der Waals surface area contributed by atoms with Crippen molar-refractivity contribution in [3.05, 3.63) is 0 Å². The molecule has 2 fully saturated rings. The van der Waals surface area contributed by atoms with E-state index in [4.69, 9.17) is 10.5 Å². The van der Waals surface area contributed by atoms with Gasteiger partial charge in [-0.2, -0.15) is 0 Å². The number of primary amides is 1. The summed E-state index contributed by atoms with van der Waals surface area (Å²) in [7, 11) is 0. The minimum atomic E-state index is -0.395. The largest absolute Gasteiger partial charge is 0.389 e. The Morgan fingerprint density at radius 1 is 1.25 bits per heavy atom. The first-order chi connectivity index (χ1) is 7.66. The van der Waals surface area contributed by atoms with Gasteiger partial charge in [0.2, 0.25) is 5.91 Å². The average molecular weight is 228 g/mol. The van der Waals surface area contributed by atoms with Crippen molar-refractivity contribution in [3.8, 4) is 0 Å². The van der Waals surface area contributed by atoms with E-state index in [2.05, 4.69) is 5.32 Å². The van der Waals surface area contributed by atoms with Crippen molar-refractivity contribution >= 4 is 5.91 Å². The molecule has 1 aliphatic carbocycles. The summed E-state index contributed by atoms with van der Waals surface area (Å²) in [5.41, 5.74) is 5.28. The van der Waals surface area contributed by atoms with Crippen molar-refractivity contribution in [1.82, 2.24) is 5.32 Å². The zero-order valence-electron chi connectivity index (χ0n) is 9.39. The number of ether oxygens (including phenoxy) is 1. The minimum Gasteiger partial charge on any atom is -0.389 e. The molecule has 1 amide bonds. The second-order valence-corrected chi connectivity index (χ2v) is 4.83. The van der Waals surface area contributed by atoms with Crippen LogP contribution in [0.15, 0.2) is 0 Å². The molecule has 1 saturated heterocycles. The Morgan fingerprint density at radius 3 is 2.44 bits per heavy atom. The van der Waals surface area contributed by atoms with Crippen LogP contribution < -0.4 is 11.1 Å². The van der Waals surface area contributed by atoms with E-state index in [1.165, 1.54) is 0 Å². The van der Waals surface area contributed by atoms with Crippen LogP contribution in [-0.2, 0) is 9.53 Å². The molecular weight excluding hydrogens is 208 g/mol. The maximum Gasteiger partial charge on any atom is 0.220 e. The zero-order valence-corrected chi connectivity index (χ0v) is 9.39.